The van der Waals surface area contributed by atoms with Gasteiger partial charge in [-0.1, -0.05) is 0 Å². The first kappa shape index (κ1) is 12.9. The number of aryl methyl sites for hydroxylation is 2. The molecule has 0 saturated heterocycles. The molecular formula is C10H14F3N3. The van der Waals surface area contributed by atoms with Gasteiger partial charge in [-0.05, 0) is 19.9 Å². The highest BCUT2D eigenvalue weighted by Crippen LogP contribution is 2.29. The molecule has 0 radical (unpaired) electrons. The predicted molar refractivity (Wildman–Crippen MR) is 54.0 cm³/mol. The number of aromatic nitrogens is 2. The van der Waals surface area contributed by atoms with Crippen molar-refractivity contribution >= 4 is 0 Å². The molecular weight excluding hydrogens is 219 g/mol. The smallest absolute Gasteiger partial charge is 0.330 e. The quantitative estimate of drug-likeness (QED) is 0.869. The van der Waals surface area contributed by atoms with Crippen molar-refractivity contribution in [3.63, 3.8) is 0 Å². The van der Waals surface area contributed by atoms with Gasteiger partial charge in [-0.25, -0.2) is 9.97 Å². The summed E-state index contributed by atoms with van der Waals surface area (Å²) in [7, 11) is 0. The van der Waals surface area contributed by atoms with Crippen molar-refractivity contribution < 1.29 is 13.2 Å². The number of nitrogens with zero attached hydrogens (tertiary/aromatic N) is 2. The van der Waals surface area contributed by atoms with Gasteiger partial charge < -0.3 is 5.73 Å². The lowest BCUT2D eigenvalue weighted by molar-refractivity contribution is -0.138. The first-order valence-corrected chi connectivity index (χ1v) is 4.91. The Balaban J connectivity index is 2.95. The molecule has 2 N–H and O–H groups in total. The standard InChI is InChI=1S/C10H14F3N3/c1-6-3-7(2)16-9(15-6)8(5-14)4-10(11,12)13/h3,8H,4-5,14H2,1-2H3. The van der Waals surface area contributed by atoms with Crippen molar-refractivity contribution in [2.45, 2.75) is 32.4 Å². The molecule has 0 spiro atoms. The molecule has 0 aromatic carbocycles. The summed E-state index contributed by atoms with van der Waals surface area (Å²) in [5.74, 6) is -0.684. The Kier molecular flexibility index (Phi) is 3.85. The van der Waals surface area contributed by atoms with Crippen LogP contribution in [0.3, 0.4) is 0 Å². The maximum atomic E-state index is 12.3. The molecule has 3 nitrogen and oxygen atoms in total. The highest BCUT2D eigenvalue weighted by atomic mass is 19.4. The molecule has 0 amide bonds. The number of alkyl halides is 3. The van der Waals surface area contributed by atoms with Crippen LogP contribution in [0.25, 0.3) is 0 Å². The summed E-state index contributed by atoms with van der Waals surface area (Å²) < 4.78 is 36.8. The highest BCUT2D eigenvalue weighted by molar-refractivity contribution is 5.11. The van der Waals surface area contributed by atoms with E-state index in [9.17, 15) is 13.2 Å². The van der Waals surface area contributed by atoms with E-state index in [0.29, 0.717) is 11.4 Å². The van der Waals surface area contributed by atoms with Crippen molar-refractivity contribution in [3.8, 4) is 0 Å². The fourth-order valence-electron chi connectivity index (χ4n) is 1.50. The molecule has 1 rings (SSSR count). The molecule has 1 heterocycles. The number of rotatable bonds is 3. The largest absolute Gasteiger partial charge is 0.389 e. The lowest BCUT2D eigenvalue weighted by Crippen LogP contribution is -2.22. The van der Waals surface area contributed by atoms with Crippen LogP contribution in [0.1, 0.15) is 29.6 Å². The Morgan fingerprint density at radius 1 is 1.25 bits per heavy atom. The summed E-state index contributed by atoms with van der Waals surface area (Å²) in [6, 6.07) is 1.71. The second kappa shape index (κ2) is 4.78. The van der Waals surface area contributed by atoms with E-state index in [-0.39, 0.29) is 12.4 Å². The lowest BCUT2D eigenvalue weighted by atomic mass is 10.0. The summed E-state index contributed by atoms with van der Waals surface area (Å²) in [5.41, 5.74) is 6.64. The number of halogens is 3. The van der Waals surface area contributed by atoms with Crippen LogP contribution in [0.5, 0.6) is 0 Å². The Morgan fingerprint density at radius 2 is 1.75 bits per heavy atom. The molecule has 0 aliphatic carbocycles. The Morgan fingerprint density at radius 3 is 2.12 bits per heavy atom. The fourth-order valence-corrected chi connectivity index (χ4v) is 1.50. The van der Waals surface area contributed by atoms with E-state index in [1.165, 1.54) is 0 Å². The van der Waals surface area contributed by atoms with Crippen LogP contribution in [0, 0.1) is 13.8 Å². The van der Waals surface area contributed by atoms with Gasteiger partial charge in [0.1, 0.15) is 5.82 Å². The first-order chi connectivity index (χ1) is 7.31. The minimum Gasteiger partial charge on any atom is -0.330 e. The Hall–Kier alpha value is -1.17. The zero-order chi connectivity index (χ0) is 12.3. The first-order valence-electron chi connectivity index (χ1n) is 4.91. The lowest BCUT2D eigenvalue weighted by Gasteiger charge is -2.16. The maximum Gasteiger partial charge on any atom is 0.389 e. The molecule has 1 aromatic rings. The maximum absolute atomic E-state index is 12.3. The van der Waals surface area contributed by atoms with Gasteiger partial charge >= 0.3 is 6.18 Å². The number of nitrogens with two attached hydrogens (primary N) is 1. The minimum absolute atomic E-state index is 0.109. The Labute approximate surface area is 91.9 Å². The van der Waals surface area contributed by atoms with E-state index in [1.807, 2.05) is 0 Å². The third kappa shape index (κ3) is 3.77. The molecule has 0 bridgehead atoms. The van der Waals surface area contributed by atoms with Crippen molar-refractivity contribution in [3.05, 3.63) is 23.3 Å². The molecule has 1 atom stereocenters. The van der Waals surface area contributed by atoms with Crippen molar-refractivity contribution in [1.82, 2.24) is 9.97 Å². The zero-order valence-corrected chi connectivity index (χ0v) is 9.17. The van der Waals surface area contributed by atoms with Crippen molar-refractivity contribution in [2.75, 3.05) is 6.54 Å². The molecule has 1 unspecified atom stereocenters. The second-order valence-electron chi connectivity index (χ2n) is 3.76. The molecule has 6 heteroatoms. The predicted octanol–water partition coefficient (Wildman–Crippen LogP) is 2.09. The van der Waals surface area contributed by atoms with E-state index in [2.05, 4.69) is 9.97 Å². The topological polar surface area (TPSA) is 51.8 Å². The zero-order valence-electron chi connectivity index (χ0n) is 9.17. The monoisotopic (exact) mass is 233 g/mol. The van der Waals surface area contributed by atoms with E-state index in [0.717, 1.165) is 0 Å². The fraction of sp³-hybridized carbons (Fsp3) is 0.600. The molecule has 0 aliphatic rings. The molecule has 90 valence electrons. The van der Waals surface area contributed by atoms with Crippen LogP contribution in [0.2, 0.25) is 0 Å². The normalized spacial score (nSPS) is 13.9. The van der Waals surface area contributed by atoms with Crippen molar-refractivity contribution in [1.29, 1.82) is 0 Å². The van der Waals surface area contributed by atoms with E-state index >= 15 is 0 Å². The van der Waals surface area contributed by atoms with Crippen LogP contribution in [0.4, 0.5) is 13.2 Å². The summed E-state index contributed by atoms with van der Waals surface area (Å²) in [6.07, 6.45) is -5.22. The van der Waals surface area contributed by atoms with Gasteiger partial charge in [-0.3, -0.25) is 0 Å². The molecule has 1 aromatic heterocycles. The molecule has 0 fully saturated rings. The molecule has 0 saturated carbocycles. The van der Waals surface area contributed by atoms with Crippen LogP contribution < -0.4 is 5.73 Å². The summed E-state index contributed by atoms with van der Waals surface area (Å²) in [6.45, 7) is 3.33. The molecule has 0 aliphatic heterocycles. The number of hydrogen-bond acceptors (Lipinski definition) is 3. The van der Waals surface area contributed by atoms with Crippen LogP contribution >= 0.6 is 0 Å². The average molecular weight is 233 g/mol. The minimum atomic E-state index is -4.24. The van der Waals surface area contributed by atoms with Gasteiger partial charge in [0.05, 0.1) is 6.42 Å². The highest BCUT2D eigenvalue weighted by Gasteiger charge is 2.33. The van der Waals surface area contributed by atoms with Crippen molar-refractivity contribution in [2.24, 2.45) is 5.73 Å². The van der Waals surface area contributed by atoms with E-state index < -0.39 is 18.5 Å². The summed E-state index contributed by atoms with van der Waals surface area (Å²) in [4.78, 5) is 8.00. The summed E-state index contributed by atoms with van der Waals surface area (Å²) in [5, 5.41) is 0. The van der Waals surface area contributed by atoms with Crippen LogP contribution in [-0.4, -0.2) is 22.7 Å². The van der Waals surface area contributed by atoms with E-state index in [4.69, 9.17) is 5.73 Å². The second-order valence-corrected chi connectivity index (χ2v) is 3.76. The SMILES string of the molecule is Cc1cc(C)nc(C(CN)CC(F)(F)F)n1. The molecule has 16 heavy (non-hydrogen) atoms. The Bertz CT molecular complexity index is 343. The van der Waals surface area contributed by atoms with Crippen LogP contribution in [-0.2, 0) is 0 Å². The van der Waals surface area contributed by atoms with E-state index in [1.54, 1.807) is 19.9 Å². The van der Waals surface area contributed by atoms with Gasteiger partial charge in [0, 0.05) is 23.9 Å². The van der Waals surface area contributed by atoms with Gasteiger partial charge in [0.15, 0.2) is 0 Å². The third-order valence-electron chi connectivity index (χ3n) is 2.13. The summed E-state index contributed by atoms with van der Waals surface area (Å²) >= 11 is 0. The van der Waals surface area contributed by atoms with Crippen LogP contribution in [0.15, 0.2) is 6.07 Å². The third-order valence-corrected chi connectivity index (χ3v) is 2.13. The number of hydrogen-bond donors (Lipinski definition) is 1. The van der Waals surface area contributed by atoms with Gasteiger partial charge in [0.2, 0.25) is 0 Å². The average Bonchev–Trinajstić information content (AvgIpc) is 2.11. The van der Waals surface area contributed by atoms with Gasteiger partial charge in [-0.15, -0.1) is 0 Å². The van der Waals surface area contributed by atoms with Gasteiger partial charge in [0.25, 0.3) is 0 Å². The van der Waals surface area contributed by atoms with Gasteiger partial charge in [-0.2, -0.15) is 13.2 Å².